The summed E-state index contributed by atoms with van der Waals surface area (Å²) in [6, 6.07) is 17.1. The van der Waals surface area contributed by atoms with Gasteiger partial charge in [-0.3, -0.25) is 14.4 Å². The topological polar surface area (TPSA) is 90.5 Å². The van der Waals surface area contributed by atoms with Gasteiger partial charge in [0.1, 0.15) is 12.1 Å². The van der Waals surface area contributed by atoms with Crippen molar-refractivity contribution in [2.24, 2.45) is 5.41 Å². The van der Waals surface area contributed by atoms with Gasteiger partial charge in [-0.1, -0.05) is 69.3 Å². The third kappa shape index (κ3) is 8.53. The van der Waals surface area contributed by atoms with Crippen molar-refractivity contribution in [3.63, 3.8) is 0 Å². The lowest BCUT2D eigenvalue weighted by atomic mass is 9.94. The highest BCUT2D eigenvalue weighted by atomic mass is 35.5. The van der Waals surface area contributed by atoms with Gasteiger partial charge in [-0.15, -0.1) is 23.7 Å². The Bertz CT molecular complexity index is 1280. The zero-order valence-electron chi connectivity index (χ0n) is 23.6. The molecule has 1 saturated heterocycles. The van der Waals surface area contributed by atoms with Crippen molar-refractivity contribution >= 4 is 52.2 Å². The SMILES string of the molecule is CC(C)(C)C(=O)N1CCCC1C(=O)N[C@H](Cc1ccc2ccccc2c1)C(=O)NCCCNCc1cccs1.Cl. The van der Waals surface area contributed by atoms with Crippen LogP contribution in [0.4, 0.5) is 0 Å². The summed E-state index contributed by atoms with van der Waals surface area (Å²) in [5.41, 5.74) is 0.406. The van der Waals surface area contributed by atoms with E-state index in [0.29, 0.717) is 25.9 Å². The van der Waals surface area contributed by atoms with E-state index in [1.54, 1.807) is 16.2 Å². The number of carbonyl (C=O) groups is 3. The van der Waals surface area contributed by atoms with Crippen LogP contribution in [0.5, 0.6) is 0 Å². The Morgan fingerprint density at radius 1 is 1.02 bits per heavy atom. The molecule has 216 valence electrons. The Labute approximate surface area is 247 Å². The molecule has 0 bridgehead atoms. The first-order valence-electron chi connectivity index (χ1n) is 13.8. The molecule has 3 N–H and O–H groups in total. The lowest BCUT2D eigenvalue weighted by molar-refractivity contribution is -0.145. The molecule has 0 saturated carbocycles. The number of likely N-dealkylation sites (tertiary alicyclic amines) is 1. The predicted octanol–water partition coefficient (Wildman–Crippen LogP) is 4.68. The number of hydrogen-bond acceptors (Lipinski definition) is 5. The van der Waals surface area contributed by atoms with E-state index in [9.17, 15) is 14.4 Å². The summed E-state index contributed by atoms with van der Waals surface area (Å²) in [5.74, 6) is -0.504. The molecule has 1 aromatic heterocycles. The van der Waals surface area contributed by atoms with Crippen molar-refractivity contribution in [1.82, 2.24) is 20.9 Å². The first-order chi connectivity index (χ1) is 18.7. The second-order valence-electron chi connectivity index (χ2n) is 11.3. The van der Waals surface area contributed by atoms with Crippen molar-refractivity contribution in [2.45, 2.75) is 65.1 Å². The number of amides is 3. The zero-order chi connectivity index (χ0) is 27.8. The summed E-state index contributed by atoms with van der Waals surface area (Å²) in [6.07, 6.45) is 2.54. The highest BCUT2D eigenvalue weighted by Gasteiger charge is 2.39. The van der Waals surface area contributed by atoms with Crippen LogP contribution in [0.2, 0.25) is 0 Å². The summed E-state index contributed by atoms with van der Waals surface area (Å²) in [7, 11) is 0. The number of halogens is 1. The normalized spacial score (nSPS) is 15.9. The largest absolute Gasteiger partial charge is 0.354 e. The monoisotopic (exact) mass is 584 g/mol. The van der Waals surface area contributed by atoms with Crippen LogP contribution >= 0.6 is 23.7 Å². The number of hydrogen-bond donors (Lipinski definition) is 3. The van der Waals surface area contributed by atoms with Gasteiger partial charge in [-0.25, -0.2) is 0 Å². The summed E-state index contributed by atoms with van der Waals surface area (Å²) in [5, 5.41) is 13.7. The number of benzene rings is 2. The fourth-order valence-corrected chi connectivity index (χ4v) is 5.64. The summed E-state index contributed by atoms with van der Waals surface area (Å²) < 4.78 is 0. The van der Waals surface area contributed by atoms with Gasteiger partial charge in [0.05, 0.1) is 0 Å². The first kappa shape index (κ1) is 31.6. The molecule has 2 aromatic carbocycles. The maximum atomic E-state index is 13.4. The van der Waals surface area contributed by atoms with E-state index in [2.05, 4.69) is 39.5 Å². The standard InChI is InChI=1S/C31H40N4O3S.ClH/c1-31(2,3)30(38)35-17-6-12-27(35)29(37)34-26(20-22-13-14-23-9-4-5-10-24(23)19-22)28(36)33-16-8-15-32-21-25-11-7-18-39-25;/h4-5,7,9-11,13-14,18-19,26-27,32H,6,8,12,15-17,20-21H2,1-3H3,(H,33,36)(H,34,37);1H/t26-,27?;/m1./s1. The zero-order valence-corrected chi connectivity index (χ0v) is 25.2. The summed E-state index contributed by atoms with van der Waals surface area (Å²) in [4.78, 5) is 42.7. The van der Waals surface area contributed by atoms with Crippen molar-refractivity contribution in [2.75, 3.05) is 19.6 Å². The second kappa shape index (κ2) is 14.6. The third-order valence-corrected chi connectivity index (χ3v) is 7.93. The Morgan fingerprint density at radius 3 is 2.52 bits per heavy atom. The third-order valence-electron chi connectivity index (χ3n) is 7.05. The summed E-state index contributed by atoms with van der Waals surface area (Å²) >= 11 is 1.72. The van der Waals surface area contributed by atoms with Crippen molar-refractivity contribution in [3.05, 3.63) is 70.4 Å². The molecule has 0 spiro atoms. The molecular weight excluding hydrogens is 544 g/mol. The van der Waals surface area contributed by atoms with Crippen LogP contribution in [0.15, 0.2) is 60.0 Å². The molecule has 0 aliphatic carbocycles. The van der Waals surface area contributed by atoms with E-state index in [1.165, 1.54) is 4.88 Å². The molecule has 2 heterocycles. The number of thiophene rings is 1. The Morgan fingerprint density at radius 2 is 1.80 bits per heavy atom. The van der Waals surface area contributed by atoms with Crippen LogP contribution in [0.1, 0.15) is 50.5 Å². The van der Waals surface area contributed by atoms with Gasteiger partial charge in [0.15, 0.2) is 0 Å². The van der Waals surface area contributed by atoms with E-state index >= 15 is 0 Å². The van der Waals surface area contributed by atoms with E-state index in [0.717, 1.165) is 42.3 Å². The molecule has 7 nitrogen and oxygen atoms in total. The smallest absolute Gasteiger partial charge is 0.243 e. The summed E-state index contributed by atoms with van der Waals surface area (Å²) in [6.45, 7) is 8.28. The molecule has 0 radical (unpaired) electrons. The quantitative estimate of drug-likeness (QED) is 0.285. The van der Waals surface area contributed by atoms with Gasteiger partial charge in [0.2, 0.25) is 17.7 Å². The fourth-order valence-electron chi connectivity index (χ4n) is 4.96. The minimum Gasteiger partial charge on any atom is -0.354 e. The molecule has 2 atom stereocenters. The number of nitrogens with zero attached hydrogens (tertiary/aromatic N) is 1. The van der Waals surface area contributed by atoms with Gasteiger partial charge >= 0.3 is 0 Å². The van der Waals surface area contributed by atoms with Gasteiger partial charge in [0, 0.05) is 36.3 Å². The van der Waals surface area contributed by atoms with Gasteiger partial charge in [0.25, 0.3) is 0 Å². The molecule has 9 heteroatoms. The van der Waals surface area contributed by atoms with Crippen LogP contribution in [-0.2, 0) is 27.3 Å². The first-order valence-corrected chi connectivity index (χ1v) is 14.7. The van der Waals surface area contributed by atoms with Crippen molar-refractivity contribution in [1.29, 1.82) is 0 Å². The maximum Gasteiger partial charge on any atom is 0.243 e. The van der Waals surface area contributed by atoms with Crippen molar-refractivity contribution in [3.8, 4) is 0 Å². The van der Waals surface area contributed by atoms with Crippen LogP contribution in [0.3, 0.4) is 0 Å². The average Bonchev–Trinajstić information content (AvgIpc) is 3.61. The van der Waals surface area contributed by atoms with Crippen molar-refractivity contribution < 1.29 is 14.4 Å². The van der Waals surface area contributed by atoms with E-state index in [-0.39, 0.29) is 30.1 Å². The molecule has 1 aliphatic heterocycles. The second-order valence-corrected chi connectivity index (χ2v) is 12.3. The molecule has 4 rings (SSSR count). The lowest BCUT2D eigenvalue weighted by Crippen LogP contribution is -2.55. The predicted molar refractivity (Wildman–Crippen MR) is 165 cm³/mol. The Hall–Kier alpha value is -2.94. The molecular formula is C31H41ClN4O3S. The van der Waals surface area contributed by atoms with Gasteiger partial charge in [-0.2, -0.15) is 0 Å². The average molecular weight is 585 g/mol. The number of carbonyl (C=O) groups excluding carboxylic acids is 3. The Balaban J connectivity index is 0.00000441. The van der Waals surface area contributed by atoms with Gasteiger partial charge < -0.3 is 20.9 Å². The highest BCUT2D eigenvalue weighted by Crippen LogP contribution is 2.26. The minimum atomic E-state index is -0.732. The van der Waals surface area contributed by atoms with Crippen LogP contribution in [0.25, 0.3) is 10.8 Å². The number of rotatable bonds is 11. The van der Waals surface area contributed by atoms with E-state index in [4.69, 9.17) is 0 Å². The molecule has 1 fully saturated rings. The maximum absolute atomic E-state index is 13.4. The molecule has 40 heavy (non-hydrogen) atoms. The van der Waals surface area contributed by atoms with Crippen LogP contribution in [0, 0.1) is 5.41 Å². The number of nitrogens with one attached hydrogen (secondary N) is 3. The van der Waals surface area contributed by atoms with Crippen LogP contribution < -0.4 is 16.0 Å². The van der Waals surface area contributed by atoms with E-state index < -0.39 is 17.5 Å². The lowest BCUT2D eigenvalue weighted by Gasteiger charge is -2.31. The number of fused-ring (bicyclic) bond motifs is 1. The van der Waals surface area contributed by atoms with E-state index in [1.807, 2.05) is 57.2 Å². The van der Waals surface area contributed by atoms with Crippen LogP contribution in [-0.4, -0.2) is 54.3 Å². The molecule has 3 aromatic rings. The molecule has 1 aliphatic rings. The Kier molecular flexibility index (Phi) is 11.5. The highest BCUT2D eigenvalue weighted by molar-refractivity contribution is 7.09. The minimum absolute atomic E-state index is 0. The van der Waals surface area contributed by atoms with Gasteiger partial charge in [-0.05, 0) is 53.6 Å². The molecule has 1 unspecified atom stereocenters. The molecule has 3 amide bonds. The fraction of sp³-hybridized carbons (Fsp3) is 0.452.